The zero-order valence-electron chi connectivity index (χ0n) is 24.9. The molecule has 6 N–H and O–H groups in total. The smallest absolute Gasteiger partial charge is 0.326 e. The molecule has 4 rings (SSSR count). The van der Waals surface area contributed by atoms with E-state index < -0.39 is 26.2 Å². The topological polar surface area (TPSA) is 182 Å². The first-order valence-corrected chi connectivity index (χ1v) is 17.8. The molecule has 11 nitrogen and oxygen atoms in total. The van der Waals surface area contributed by atoms with Crippen molar-refractivity contribution >= 4 is 37.0 Å². The monoisotopic (exact) mass is 618 g/mol. The van der Waals surface area contributed by atoms with Crippen LogP contribution in [0, 0.1) is 12.3 Å². The van der Waals surface area contributed by atoms with Gasteiger partial charge in [0.25, 0.3) is 11.5 Å². The number of carboxylic acid groups (broad SMARTS) is 1. The van der Waals surface area contributed by atoms with E-state index in [1.54, 1.807) is 25.2 Å². The van der Waals surface area contributed by atoms with E-state index in [1.165, 1.54) is 0 Å². The number of benzene rings is 2. The number of carbonyl (C=O) groups is 3. The molecule has 0 radical (unpaired) electrons. The number of aliphatic hydroxyl groups excluding tert-OH is 1. The summed E-state index contributed by atoms with van der Waals surface area (Å²) >= 11 is 0. The minimum absolute atomic E-state index is 0.0374. The Bertz CT molecular complexity index is 1640. The molecule has 12 heteroatoms. The van der Waals surface area contributed by atoms with E-state index in [-0.39, 0.29) is 54.1 Å². The number of fused-ring (bicyclic) bond motifs is 2. The van der Waals surface area contributed by atoms with Crippen LogP contribution in [0.25, 0.3) is 10.9 Å². The normalized spacial score (nSPS) is 15.7. The Kier molecular flexibility index (Phi) is 10.4. The van der Waals surface area contributed by atoms with Crippen LogP contribution in [-0.2, 0) is 22.6 Å². The quantitative estimate of drug-likeness (QED) is 0.125. The fourth-order valence-corrected chi connectivity index (χ4v) is 6.42. The number of hydrogen-bond acceptors (Lipinski definition) is 7. The molecule has 3 atom stereocenters. The van der Waals surface area contributed by atoms with Gasteiger partial charge in [-0.15, -0.1) is 12.3 Å². The largest absolute Gasteiger partial charge is 0.480 e. The summed E-state index contributed by atoms with van der Waals surface area (Å²) in [7, 11) is -2.30. The zero-order valence-corrected chi connectivity index (χ0v) is 25.9. The van der Waals surface area contributed by atoms with Crippen LogP contribution in [0.1, 0.15) is 70.4 Å². The van der Waals surface area contributed by atoms with Gasteiger partial charge in [0, 0.05) is 30.9 Å². The van der Waals surface area contributed by atoms with Crippen molar-refractivity contribution in [1.82, 2.24) is 20.6 Å². The van der Waals surface area contributed by atoms with E-state index in [4.69, 9.17) is 6.42 Å². The molecule has 1 aliphatic carbocycles. The van der Waals surface area contributed by atoms with E-state index in [2.05, 4.69) is 26.5 Å². The lowest BCUT2D eigenvalue weighted by Crippen LogP contribution is -2.42. The van der Waals surface area contributed by atoms with Gasteiger partial charge in [-0.2, -0.15) is 0 Å². The third-order valence-electron chi connectivity index (χ3n) is 8.04. The van der Waals surface area contributed by atoms with Gasteiger partial charge in [0.05, 0.1) is 10.9 Å². The van der Waals surface area contributed by atoms with Crippen LogP contribution in [0.3, 0.4) is 0 Å². The minimum Gasteiger partial charge on any atom is -0.480 e. The number of nitrogens with one attached hydrogen (secondary N) is 3. The maximum absolute atomic E-state index is 12.9. The van der Waals surface area contributed by atoms with Gasteiger partial charge in [-0.25, -0.2) is 9.78 Å². The Morgan fingerprint density at radius 1 is 1.20 bits per heavy atom. The molecule has 1 heterocycles. The first-order chi connectivity index (χ1) is 20.9. The Balaban J connectivity index is 1.45. The van der Waals surface area contributed by atoms with Crippen molar-refractivity contribution < 1.29 is 29.4 Å². The van der Waals surface area contributed by atoms with Crippen LogP contribution in [0.4, 0.5) is 0 Å². The molecule has 232 valence electrons. The Morgan fingerprint density at radius 2 is 1.93 bits per heavy atom. The fourth-order valence-electron chi connectivity index (χ4n) is 5.69. The number of aliphatic carboxylic acids is 1. The number of aryl methyl sites for hydroxylation is 1. The highest BCUT2D eigenvalue weighted by molar-refractivity contribution is 6.69. The van der Waals surface area contributed by atoms with Crippen molar-refractivity contribution in [1.29, 1.82) is 0 Å². The third kappa shape index (κ3) is 7.99. The number of terminal acetylenes is 1. The lowest BCUT2D eigenvalue weighted by atomic mass is 9.80. The molecule has 0 spiro atoms. The van der Waals surface area contributed by atoms with Crippen molar-refractivity contribution in [3.8, 4) is 12.3 Å². The van der Waals surface area contributed by atoms with Gasteiger partial charge in [-0.3, -0.25) is 14.4 Å². The number of carboxylic acids is 1. The summed E-state index contributed by atoms with van der Waals surface area (Å²) < 4.78 is 0. The summed E-state index contributed by atoms with van der Waals surface area (Å²) in [5.41, 5.74) is 3.52. The summed E-state index contributed by atoms with van der Waals surface area (Å²) in [4.78, 5) is 66.4. The standard InChI is InChI=1S/C32H38N4O7Si/c1-4-5-22(23-11-10-21-16-27-25(17-24(21)23)31(40)36-28(18-37)34-27)19-6-8-20(9-7-19)30(39)35-26(32(41)42)12-13-29(38)33-14-15-44(2,3)43/h1,6-9,16-17,22-23,26,37,43H,5,10-15,18H2,2-3H3,(H,33,38)(H,35,39)(H,41,42)(H,34,36,40)/t22?,23-,26+/m1/s1. The first kappa shape index (κ1) is 32.6. The average molecular weight is 619 g/mol. The summed E-state index contributed by atoms with van der Waals surface area (Å²) in [5.74, 6) is 0.777. The van der Waals surface area contributed by atoms with Crippen molar-refractivity contribution in [3.05, 3.63) is 74.8 Å². The van der Waals surface area contributed by atoms with Gasteiger partial charge in [0.2, 0.25) is 5.91 Å². The molecule has 2 aromatic carbocycles. The Morgan fingerprint density at radius 3 is 2.57 bits per heavy atom. The fraction of sp³-hybridized carbons (Fsp3) is 0.406. The highest BCUT2D eigenvalue weighted by atomic mass is 28.4. The maximum atomic E-state index is 12.9. The van der Waals surface area contributed by atoms with Crippen molar-refractivity contribution in [2.45, 2.75) is 75.7 Å². The number of aliphatic hydroxyl groups is 1. The Labute approximate surface area is 256 Å². The SMILES string of the molecule is C#CCC(c1ccc(C(=O)N[C@@H](CCC(=O)NCC[Si](C)(C)O)C(=O)O)cc1)[C@H]1CCc2cc3nc(CO)[nH]c(=O)c3cc21. The van der Waals surface area contributed by atoms with Gasteiger partial charge >= 0.3 is 5.97 Å². The second-order valence-electron chi connectivity index (χ2n) is 11.8. The molecule has 0 saturated heterocycles. The van der Waals surface area contributed by atoms with E-state index in [0.717, 1.165) is 29.5 Å². The van der Waals surface area contributed by atoms with Crippen molar-refractivity contribution in [2.24, 2.45) is 0 Å². The molecular weight excluding hydrogens is 580 g/mol. The number of H-pyrrole nitrogens is 1. The molecular formula is C32H38N4O7Si. The van der Waals surface area contributed by atoms with Crippen LogP contribution in [0.2, 0.25) is 19.1 Å². The molecule has 1 unspecified atom stereocenters. The van der Waals surface area contributed by atoms with Gasteiger partial charge in [-0.05, 0) is 85.3 Å². The molecule has 0 bridgehead atoms. The van der Waals surface area contributed by atoms with Gasteiger partial charge in [-0.1, -0.05) is 12.1 Å². The second kappa shape index (κ2) is 14.0. The number of aromatic amines is 1. The summed E-state index contributed by atoms with van der Waals surface area (Å²) in [6, 6.07) is 9.88. The highest BCUT2D eigenvalue weighted by Gasteiger charge is 2.32. The average Bonchev–Trinajstić information content (AvgIpc) is 3.38. The van der Waals surface area contributed by atoms with Gasteiger partial charge in [0.1, 0.15) is 18.5 Å². The van der Waals surface area contributed by atoms with E-state index in [1.807, 2.05) is 24.3 Å². The van der Waals surface area contributed by atoms with Crippen LogP contribution in [0.5, 0.6) is 0 Å². The molecule has 0 saturated carbocycles. The highest BCUT2D eigenvalue weighted by Crippen LogP contribution is 2.45. The number of hydrogen-bond donors (Lipinski definition) is 6. The number of rotatable bonds is 13. The third-order valence-corrected chi connectivity index (χ3v) is 9.51. The molecule has 44 heavy (non-hydrogen) atoms. The number of nitrogens with zero attached hydrogens (tertiary/aromatic N) is 1. The predicted octanol–water partition coefficient (Wildman–Crippen LogP) is 2.53. The molecule has 0 aliphatic heterocycles. The van der Waals surface area contributed by atoms with Crippen LogP contribution < -0.4 is 16.2 Å². The van der Waals surface area contributed by atoms with E-state index >= 15 is 0 Å². The van der Waals surface area contributed by atoms with Crippen LogP contribution in [-0.4, -0.2) is 63.7 Å². The van der Waals surface area contributed by atoms with Crippen LogP contribution >= 0.6 is 0 Å². The van der Waals surface area contributed by atoms with Crippen molar-refractivity contribution in [3.63, 3.8) is 0 Å². The summed E-state index contributed by atoms with van der Waals surface area (Å²) in [6.07, 6.45) is 7.64. The molecule has 2 amide bonds. The van der Waals surface area contributed by atoms with Crippen LogP contribution in [0.15, 0.2) is 41.2 Å². The molecule has 3 aromatic rings. The zero-order chi connectivity index (χ0) is 32.0. The van der Waals surface area contributed by atoms with Gasteiger partial charge < -0.3 is 30.6 Å². The predicted molar refractivity (Wildman–Crippen MR) is 168 cm³/mol. The lowest BCUT2D eigenvalue weighted by molar-refractivity contribution is -0.139. The van der Waals surface area contributed by atoms with E-state index in [0.29, 0.717) is 29.9 Å². The molecule has 0 fully saturated rings. The van der Waals surface area contributed by atoms with E-state index in [9.17, 15) is 34.2 Å². The maximum Gasteiger partial charge on any atom is 0.326 e. The lowest BCUT2D eigenvalue weighted by Gasteiger charge is -2.24. The number of carbonyl (C=O) groups excluding carboxylic acids is 2. The summed E-state index contributed by atoms with van der Waals surface area (Å²) in [5, 5.41) is 24.7. The molecule has 1 aliphatic rings. The number of aromatic nitrogens is 2. The second-order valence-corrected chi connectivity index (χ2v) is 16.0. The first-order valence-electron chi connectivity index (χ1n) is 14.6. The van der Waals surface area contributed by atoms with Gasteiger partial charge in [0.15, 0.2) is 8.32 Å². The van der Waals surface area contributed by atoms with Crippen molar-refractivity contribution in [2.75, 3.05) is 6.54 Å². The Hall–Kier alpha value is -4.31. The number of amides is 2. The molecule has 1 aromatic heterocycles. The minimum atomic E-state index is -2.30. The summed E-state index contributed by atoms with van der Waals surface area (Å²) in [6.45, 7) is 3.49.